The van der Waals surface area contributed by atoms with E-state index in [2.05, 4.69) is 48.5 Å². The molecule has 1 heterocycles. The zero-order valence-electron chi connectivity index (χ0n) is 26.6. The maximum atomic E-state index is 6.94. The molecule has 4 saturated carbocycles. The number of ether oxygens (including phenoxy) is 1. The zero-order chi connectivity index (χ0) is 28.6. The summed E-state index contributed by atoms with van der Waals surface area (Å²) < 4.78 is 6.94. The van der Waals surface area contributed by atoms with E-state index in [-0.39, 0.29) is 0 Å². The van der Waals surface area contributed by atoms with Crippen molar-refractivity contribution in [2.45, 2.75) is 152 Å². The number of hydrogen-bond donors (Lipinski definition) is 0. The molecule has 0 bridgehead atoms. The van der Waals surface area contributed by atoms with Gasteiger partial charge in [-0.2, -0.15) is 0 Å². The molecule has 0 radical (unpaired) electrons. The van der Waals surface area contributed by atoms with Crippen LogP contribution in [0.3, 0.4) is 0 Å². The first kappa shape index (κ1) is 28.3. The second-order valence-corrected chi connectivity index (χ2v) is 15.4. The van der Waals surface area contributed by atoms with Crippen molar-refractivity contribution in [3.05, 3.63) is 48.5 Å². The first-order chi connectivity index (χ1) is 21.3. The number of rotatable bonds is 6. The van der Waals surface area contributed by atoms with E-state index in [0.29, 0.717) is 13.4 Å². The zero-order valence-corrected chi connectivity index (χ0v) is 26.6. The minimum absolute atomic E-state index is 0.709. The molecule has 0 spiro atoms. The molecule has 8 rings (SSSR count). The van der Waals surface area contributed by atoms with Crippen molar-refractivity contribution in [1.82, 2.24) is 0 Å². The third-order valence-corrected chi connectivity index (χ3v) is 12.9. The van der Waals surface area contributed by atoms with Gasteiger partial charge < -0.3 is 4.74 Å². The van der Waals surface area contributed by atoms with Crippen LogP contribution in [0, 0.1) is 0 Å². The summed E-state index contributed by atoms with van der Waals surface area (Å²) in [6.45, 7) is 1.42. The summed E-state index contributed by atoms with van der Waals surface area (Å²) in [7, 11) is 0. The third-order valence-electron chi connectivity index (χ3n) is 12.9. The van der Waals surface area contributed by atoms with E-state index >= 15 is 0 Å². The molecule has 224 valence electrons. The van der Waals surface area contributed by atoms with Crippen molar-refractivity contribution in [2.75, 3.05) is 0 Å². The highest BCUT2D eigenvalue weighted by molar-refractivity contribution is 6.78. The van der Waals surface area contributed by atoms with Gasteiger partial charge in [0, 0.05) is 10.9 Å². The molecular weight excluding hydrogens is 518 g/mol. The van der Waals surface area contributed by atoms with E-state index in [4.69, 9.17) is 4.74 Å². The van der Waals surface area contributed by atoms with Crippen LogP contribution in [-0.4, -0.2) is 13.4 Å². The predicted molar refractivity (Wildman–Crippen MR) is 188 cm³/mol. The summed E-state index contributed by atoms with van der Waals surface area (Å²) in [5, 5.41) is 2.86. The van der Waals surface area contributed by atoms with Gasteiger partial charge in [-0.25, -0.2) is 0 Å². The Balaban J connectivity index is 1.18. The Bertz CT molecular complexity index is 1370. The van der Waals surface area contributed by atoms with Crippen LogP contribution in [0.1, 0.15) is 128 Å². The van der Waals surface area contributed by atoms with Crippen molar-refractivity contribution in [3.63, 3.8) is 0 Å². The summed E-state index contributed by atoms with van der Waals surface area (Å²) in [6.07, 6.45) is 28.6. The Labute approximate surface area is 262 Å². The van der Waals surface area contributed by atoms with Gasteiger partial charge in [-0.15, -0.1) is 0 Å². The first-order valence-electron chi connectivity index (χ1n) is 18.7. The Morgan fingerprint density at radius 3 is 1.53 bits per heavy atom. The Hall–Kier alpha value is -2.15. The largest absolute Gasteiger partial charge is 0.456 e. The second kappa shape index (κ2) is 12.7. The molecule has 4 fully saturated rings. The highest BCUT2D eigenvalue weighted by atomic mass is 16.5. The Morgan fingerprint density at radius 1 is 0.465 bits per heavy atom. The summed E-state index contributed by atoms with van der Waals surface area (Å²) in [6, 6.07) is 19.5. The summed E-state index contributed by atoms with van der Waals surface area (Å²) >= 11 is 0. The molecule has 1 nitrogen and oxygen atoms in total. The van der Waals surface area contributed by atoms with E-state index in [1.807, 2.05) is 0 Å². The van der Waals surface area contributed by atoms with E-state index in [0.717, 1.165) is 34.8 Å². The lowest BCUT2D eigenvalue weighted by Crippen LogP contribution is -2.42. The van der Waals surface area contributed by atoms with Crippen LogP contribution in [0.4, 0.5) is 0 Å². The summed E-state index contributed by atoms with van der Waals surface area (Å²) in [4.78, 5) is 0. The highest BCUT2D eigenvalue weighted by Crippen LogP contribution is 2.49. The lowest BCUT2D eigenvalue weighted by Gasteiger charge is -2.37. The van der Waals surface area contributed by atoms with Crippen LogP contribution in [0.2, 0.25) is 23.3 Å². The van der Waals surface area contributed by atoms with Gasteiger partial charge >= 0.3 is 0 Å². The maximum Gasteiger partial charge on any atom is 0.183 e. The minimum atomic E-state index is 0.709. The third kappa shape index (κ3) is 5.50. The summed E-state index contributed by atoms with van der Waals surface area (Å²) in [5.41, 5.74) is 5.93. The van der Waals surface area contributed by atoms with Gasteiger partial charge in [-0.1, -0.05) is 199 Å². The highest BCUT2D eigenvalue weighted by Gasteiger charge is 2.39. The monoisotopic (exact) mass is 570 g/mol. The smallest absolute Gasteiger partial charge is 0.183 e. The molecular formula is C40H52B2O. The van der Waals surface area contributed by atoms with Gasteiger partial charge in [0.1, 0.15) is 11.5 Å². The standard InChI is InChI=1S/C40H52B2O/c1-5-14-29(15-6-1)41(30-16-7-2-8-17-30)33-24-25-34-35-26-27-37(36-22-13-23-38(40(35)36)43-39(34)28-33)42(31-18-9-3-10-19-31)32-20-11-4-12-21-32/h13,22-32H,1-12,14-21H2. The van der Waals surface area contributed by atoms with Gasteiger partial charge in [0.05, 0.1) is 0 Å². The molecule has 3 aromatic rings. The van der Waals surface area contributed by atoms with E-state index in [1.165, 1.54) is 150 Å². The van der Waals surface area contributed by atoms with Crippen LogP contribution in [0.5, 0.6) is 11.5 Å². The molecule has 1 aliphatic heterocycles. The lowest BCUT2D eigenvalue weighted by atomic mass is 9.27. The Kier molecular flexibility index (Phi) is 8.36. The molecule has 0 N–H and O–H groups in total. The van der Waals surface area contributed by atoms with Gasteiger partial charge in [0.25, 0.3) is 0 Å². The van der Waals surface area contributed by atoms with E-state index < -0.39 is 0 Å². The van der Waals surface area contributed by atoms with Crippen LogP contribution in [0.25, 0.3) is 21.9 Å². The molecule has 4 aliphatic carbocycles. The maximum absolute atomic E-state index is 6.94. The predicted octanol–water partition coefficient (Wildman–Crippen LogP) is 11.4. The van der Waals surface area contributed by atoms with Crippen LogP contribution >= 0.6 is 0 Å². The van der Waals surface area contributed by atoms with Crippen molar-refractivity contribution in [2.24, 2.45) is 0 Å². The Morgan fingerprint density at radius 2 is 0.977 bits per heavy atom. The van der Waals surface area contributed by atoms with Crippen molar-refractivity contribution >= 4 is 35.1 Å². The van der Waals surface area contributed by atoms with Gasteiger partial charge in [-0.05, 0) is 23.1 Å². The molecule has 43 heavy (non-hydrogen) atoms. The van der Waals surface area contributed by atoms with Gasteiger partial charge in [0.2, 0.25) is 0 Å². The fraction of sp³-hybridized carbons (Fsp3) is 0.600. The molecule has 3 aromatic carbocycles. The molecule has 3 heteroatoms. The molecule has 0 atom stereocenters. The van der Waals surface area contributed by atoms with Crippen molar-refractivity contribution in [1.29, 1.82) is 0 Å². The van der Waals surface area contributed by atoms with Crippen LogP contribution in [-0.2, 0) is 0 Å². The summed E-state index contributed by atoms with van der Waals surface area (Å²) in [5.74, 6) is 5.62. The molecule has 0 aromatic heterocycles. The average Bonchev–Trinajstić information content (AvgIpc) is 3.08. The average molecular weight is 570 g/mol. The van der Waals surface area contributed by atoms with E-state index in [9.17, 15) is 0 Å². The first-order valence-corrected chi connectivity index (χ1v) is 18.7. The molecule has 0 amide bonds. The SMILES string of the molecule is c1cc2c3c(ccc(B(C4CCCCC4)C4CCCCC4)c3c1)-c1ccc(B(C3CCCCC3)C3CCCCC3)cc1O2. The number of hydrogen-bond acceptors (Lipinski definition) is 1. The van der Waals surface area contributed by atoms with Crippen molar-refractivity contribution < 1.29 is 4.74 Å². The second-order valence-electron chi connectivity index (χ2n) is 15.4. The molecule has 0 saturated heterocycles. The topological polar surface area (TPSA) is 9.23 Å². The quantitative estimate of drug-likeness (QED) is 0.210. The fourth-order valence-electron chi connectivity index (χ4n) is 11.0. The van der Waals surface area contributed by atoms with E-state index in [1.54, 1.807) is 10.9 Å². The van der Waals surface area contributed by atoms with Crippen LogP contribution in [0.15, 0.2) is 48.5 Å². The normalized spacial score (nSPS) is 22.2. The molecule has 0 unspecified atom stereocenters. The number of benzene rings is 3. The fourth-order valence-corrected chi connectivity index (χ4v) is 11.0. The number of fused-ring (bicyclic) bond motifs is 2. The van der Waals surface area contributed by atoms with Gasteiger partial charge in [-0.3, -0.25) is 0 Å². The molecule has 5 aliphatic rings. The van der Waals surface area contributed by atoms with Gasteiger partial charge in [0.15, 0.2) is 13.4 Å². The van der Waals surface area contributed by atoms with Crippen molar-refractivity contribution in [3.8, 4) is 22.6 Å². The van der Waals surface area contributed by atoms with Crippen LogP contribution < -0.4 is 15.7 Å². The lowest BCUT2D eigenvalue weighted by molar-refractivity contribution is 0.464. The minimum Gasteiger partial charge on any atom is -0.456 e.